The monoisotopic (exact) mass is 512 g/mol. The van der Waals surface area contributed by atoms with Crippen molar-refractivity contribution in [3.63, 3.8) is 0 Å². The van der Waals surface area contributed by atoms with Crippen LogP contribution >= 0.6 is 0 Å². The number of aromatic nitrogens is 2. The van der Waals surface area contributed by atoms with E-state index in [9.17, 15) is 22.0 Å². The lowest BCUT2D eigenvalue weighted by Gasteiger charge is -2.40. The fraction of sp³-hybridized carbons (Fsp3) is 0.565. The fourth-order valence-corrected chi connectivity index (χ4v) is 5.83. The Morgan fingerprint density at radius 3 is 2.63 bits per heavy atom. The molecule has 0 saturated carbocycles. The SMILES string of the molecule is Cc1nc2c(n1S(C)(=O)=O)CN([C@H]1CO[C@H](c3cc(F)ccc3F)[C@@H](NC(=O)OC(C)(C)C)C1)C2. The Kier molecular flexibility index (Phi) is 6.66. The van der Waals surface area contributed by atoms with Crippen LogP contribution in [0, 0.1) is 18.6 Å². The quantitative estimate of drug-likeness (QED) is 0.672. The molecule has 0 radical (unpaired) electrons. The summed E-state index contributed by atoms with van der Waals surface area (Å²) in [6.07, 6.45) is -0.140. The molecule has 4 rings (SSSR count). The highest BCUT2D eigenvalue weighted by Gasteiger charge is 2.41. The number of halogens is 2. The molecule has 2 aromatic rings. The summed E-state index contributed by atoms with van der Waals surface area (Å²) >= 11 is 0. The van der Waals surface area contributed by atoms with Gasteiger partial charge in [-0.05, 0) is 52.3 Å². The maximum atomic E-state index is 14.6. The van der Waals surface area contributed by atoms with Crippen LogP contribution in [0.25, 0.3) is 0 Å². The Morgan fingerprint density at radius 2 is 1.97 bits per heavy atom. The van der Waals surface area contributed by atoms with Gasteiger partial charge in [-0.1, -0.05) is 0 Å². The number of carbonyl (C=O) groups is 1. The van der Waals surface area contributed by atoms with Gasteiger partial charge in [-0.3, -0.25) is 4.90 Å². The number of alkyl carbamates (subject to hydrolysis) is 1. The number of fused-ring (bicyclic) bond motifs is 1. The number of carbonyl (C=O) groups excluding carboxylic acids is 1. The van der Waals surface area contributed by atoms with E-state index in [0.29, 0.717) is 36.7 Å². The largest absolute Gasteiger partial charge is 0.444 e. The van der Waals surface area contributed by atoms with Crippen molar-refractivity contribution in [3.8, 4) is 0 Å². The number of aryl methyl sites for hydroxylation is 1. The second-order valence-electron chi connectivity index (χ2n) is 10.0. The molecule has 2 aliphatic rings. The first kappa shape index (κ1) is 25.5. The van der Waals surface area contributed by atoms with E-state index in [1.54, 1.807) is 27.7 Å². The molecule has 12 heteroatoms. The van der Waals surface area contributed by atoms with Crippen molar-refractivity contribution in [1.29, 1.82) is 0 Å². The number of ether oxygens (including phenoxy) is 2. The van der Waals surface area contributed by atoms with Gasteiger partial charge in [0.05, 0.1) is 30.3 Å². The molecule has 0 bridgehead atoms. The van der Waals surface area contributed by atoms with Gasteiger partial charge in [0.25, 0.3) is 0 Å². The molecule has 3 atom stereocenters. The average Bonchev–Trinajstić information content (AvgIpc) is 3.24. The number of benzene rings is 1. The van der Waals surface area contributed by atoms with Crippen LogP contribution in [0.15, 0.2) is 18.2 Å². The molecule has 1 aromatic carbocycles. The van der Waals surface area contributed by atoms with Gasteiger partial charge in [-0.25, -0.2) is 30.9 Å². The summed E-state index contributed by atoms with van der Waals surface area (Å²) in [4.78, 5) is 19.0. The first-order chi connectivity index (χ1) is 16.2. The molecule has 192 valence electrons. The van der Waals surface area contributed by atoms with Crippen molar-refractivity contribution in [2.75, 3.05) is 12.9 Å². The van der Waals surface area contributed by atoms with E-state index in [1.807, 2.05) is 4.90 Å². The number of hydrogen-bond acceptors (Lipinski definition) is 7. The van der Waals surface area contributed by atoms with Gasteiger partial charge < -0.3 is 14.8 Å². The van der Waals surface area contributed by atoms with Crippen molar-refractivity contribution < 1.29 is 31.5 Å². The highest BCUT2D eigenvalue weighted by Crippen LogP contribution is 2.35. The summed E-state index contributed by atoms with van der Waals surface area (Å²) in [6, 6.07) is 2.17. The molecule has 1 saturated heterocycles. The first-order valence-corrected chi connectivity index (χ1v) is 13.2. The Balaban J connectivity index is 1.57. The van der Waals surface area contributed by atoms with Crippen LogP contribution in [0.2, 0.25) is 0 Å². The summed E-state index contributed by atoms with van der Waals surface area (Å²) in [7, 11) is -3.52. The normalized spacial score (nSPS) is 23.2. The second kappa shape index (κ2) is 9.14. The van der Waals surface area contributed by atoms with Gasteiger partial charge in [0.15, 0.2) is 0 Å². The summed E-state index contributed by atoms with van der Waals surface area (Å²) in [5, 5.41) is 2.77. The lowest BCUT2D eigenvalue weighted by atomic mass is 9.92. The van der Waals surface area contributed by atoms with E-state index in [1.165, 1.54) is 3.97 Å². The third-order valence-corrected chi connectivity index (χ3v) is 7.20. The van der Waals surface area contributed by atoms with E-state index < -0.39 is 45.5 Å². The fourth-order valence-electron chi connectivity index (χ4n) is 4.74. The van der Waals surface area contributed by atoms with Gasteiger partial charge in [0, 0.05) is 24.7 Å². The van der Waals surface area contributed by atoms with E-state index >= 15 is 0 Å². The summed E-state index contributed by atoms with van der Waals surface area (Å²) in [5.41, 5.74) is 0.529. The van der Waals surface area contributed by atoms with Gasteiger partial charge in [0.2, 0.25) is 10.0 Å². The zero-order valence-corrected chi connectivity index (χ0v) is 21.2. The number of rotatable bonds is 4. The minimum atomic E-state index is -3.52. The zero-order valence-electron chi connectivity index (χ0n) is 20.3. The Morgan fingerprint density at radius 1 is 1.26 bits per heavy atom. The van der Waals surface area contributed by atoms with Crippen LogP contribution in [-0.2, 0) is 32.6 Å². The molecule has 1 aromatic heterocycles. The number of nitrogens with one attached hydrogen (secondary N) is 1. The van der Waals surface area contributed by atoms with Crippen molar-refractivity contribution in [3.05, 3.63) is 52.6 Å². The predicted molar refractivity (Wildman–Crippen MR) is 123 cm³/mol. The minimum Gasteiger partial charge on any atom is -0.444 e. The average molecular weight is 513 g/mol. The molecule has 35 heavy (non-hydrogen) atoms. The summed E-state index contributed by atoms with van der Waals surface area (Å²) < 4.78 is 65.6. The van der Waals surface area contributed by atoms with Crippen LogP contribution in [0.3, 0.4) is 0 Å². The molecular formula is C23H30F2N4O5S. The van der Waals surface area contributed by atoms with E-state index in [4.69, 9.17) is 9.47 Å². The lowest BCUT2D eigenvalue weighted by molar-refractivity contribution is -0.0630. The second-order valence-corrected chi connectivity index (χ2v) is 11.9. The lowest BCUT2D eigenvalue weighted by Crippen LogP contribution is -2.52. The zero-order chi connectivity index (χ0) is 25.7. The third-order valence-electron chi connectivity index (χ3n) is 6.05. The van der Waals surface area contributed by atoms with Crippen LogP contribution < -0.4 is 5.32 Å². The molecule has 9 nitrogen and oxygen atoms in total. The highest BCUT2D eigenvalue weighted by atomic mass is 32.2. The molecular weight excluding hydrogens is 482 g/mol. The number of amides is 1. The first-order valence-electron chi connectivity index (χ1n) is 11.3. The Labute approximate surface area is 203 Å². The summed E-state index contributed by atoms with van der Waals surface area (Å²) in [6.45, 7) is 7.74. The molecule has 1 fully saturated rings. The number of imidazole rings is 1. The molecule has 3 heterocycles. The van der Waals surface area contributed by atoms with Crippen LogP contribution in [0.5, 0.6) is 0 Å². The van der Waals surface area contributed by atoms with Crippen LogP contribution in [0.1, 0.15) is 56.1 Å². The number of nitrogens with zero attached hydrogens (tertiary/aromatic N) is 3. The molecule has 0 unspecified atom stereocenters. The topological polar surface area (TPSA) is 103 Å². The van der Waals surface area contributed by atoms with Crippen molar-refractivity contribution in [1.82, 2.24) is 19.2 Å². The van der Waals surface area contributed by atoms with Gasteiger partial charge >= 0.3 is 6.09 Å². The van der Waals surface area contributed by atoms with E-state index in [-0.39, 0.29) is 18.2 Å². The van der Waals surface area contributed by atoms with Gasteiger partial charge in [-0.15, -0.1) is 0 Å². The third kappa shape index (κ3) is 5.49. The molecule has 0 spiro atoms. The van der Waals surface area contributed by atoms with E-state index in [0.717, 1.165) is 24.5 Å². The Bertz CT molecular complexity index is 1240. The molecule has 1 N–H and O–H groups in total. The van der Waals surface area contributed by atoms with E-state index in [2.05, 4.69) is 10.3 Å². The molecule has 1 amide bonds. The van der Waals surface area contributed by atoms with Crippen molar-refractivity contribution >= 4 is 16.1 Å². The van der Waals surface area contributed by atoms with Crippen molar-refractivity contribution in [2.24, 2.45) is 0 Å². The molecule has 2 aliphatic heterocycles. The van der Waals surface area contributed by atoms with Gasteiger partial charge in [-0.2, -0.15) is 0 Å². The maximum Gasteiger partial charge on any atom is 0.407 e. The Hall–Kier alpha value is -2.57. The summed E-state index contributed by atoms with van der Waals surface area (Å²) in [5.74, 6) is -0.846. The highest BCUT2D eigenvalue weighted by molar-refractivity contribution is 7.89. The van der Waals surface area contributed by atoms with Crippen molar-refractivity contribution in [2.45, 2.75) is 71.0 Å². The van der Waals surface area contributed by atoms with Gasteiger partial charge in [0.1, 0.15) is 29.2 Å². The van der Waals surface area contributed by atoms with Crippen LogP contribution in [-0.4, -0.2) is 58.9 Å². The van der Waals surface area contributed by atoms with Crippen LogP contribution in [0.4, 0.5) is 13.6 Å². The minimum absolute atomic E-state index is 0.00928. The number of hydrogen-bond donors (Lipinski definition) is 1. The maximum absolute atomic E-state index is 14.6. The molecule has 0 aliphatic carbocycles. The smallest absolute Gasteiger partial charge is 0.407 e. The predicted octanol–water partition coefficient (Wildman–Crippen LogP) is 3.02. The standard InChI is InChI=1S/C23H30F2N4O5S/c1-13-26-19-10-28(11-20(19)29(13)35(5,31)32)15-9-18(27-22(30)34-23(2,3)4)21(33-12-15)16-8-14(24)6-7-17(16)25/h6-8,15,18,21H,9-12H2,1-5H3,(H,27,30)/t15-,18+,21-/m1/s1.